The van der Waals surface area contributed by atoms with Crippen molar-refractivity contribution in [2.24, 2.45) is 0 Å². The molecule has 0 fully saturated rings. The first-order valence-corrected chi connectivity index (χ1v) is 8.25. The molecule has 2 aromatic rings. The van der Waals surface area contributed by atoms with Crippen molar-refractivity contribution in [3.05, 3.63) is 56.5 Å². The van der Waals surface area contributed by atoms with E-state index in [1.54, 1.807) is 7.05 Å². The van der Waals surface area contributed by atoms with E-state index in [0.717, 1.165) is 10.2 Å². The number of aromatic hydroxyl groups is 1. The Balaban J connectivity index is 1.93. The first-order chi connectivity index (χ1) is 10.9. The quantitative estimate of drug-likeness (QED) is 0.770. The number of carbonyl (C=O) groups is 1. The van der Waals surface area contributed by atoms with Gasteiger partial charge in [-0.2, -0.15) is 0 Å². The van der Waals surface area contributed by atoms with Crippen LogP contribution in [-0.2, 0) is 0 Å². The lowest BCUT2D eigenvalue weighted by molar-refractivity contribution is 0.0774. The minimum absolute atomic E-state index is 0.0420. The van der Waals surface area contributed by atoms with Gasteiger partial charge in [-0.1, -0.05) is 39.1 Å². The highest BCUT2D eigenvalue weighted by molar-refractivity contribution is 9.10. The standard InChI is InChI=1S/C16H14BrCl2NO3/c1-20(6-7-23-12-4-2-11(17)3-5-12)16(22)10-8-13(18)15(21)14(19)9-10/h2-5,8-9,21H,6-7H2,1H3. The Bertz CT molecular complexity index is 684. The largest absolute Gasteiger partial charge is 0.505 e. The van der Waals surface area contributed by atoms with Gasteiger partial charge < -0.3 is 14.7 Å². The number of benzene rings is 2. The van der Waals surface area contributed by atoms with Gasteiger partial charge in [-0.15, -0.1) is 0 Å². The summed E-state index contributed by atoms with van der Waals surface area (Å²) in [5.74, 6) is 0.240. The van der Waals surface area contributed by atoms with Gasteiger partial charge in [0.05, 0.1) is 16.6 Å². The van der Waals surface area contributed by atoms with Gasteiger partial charge >= 0.3 is 0 Å². The third-order valence-corrected chi connectivity index (χ3v) is 4.22. The SMILES string of the molecule is CN(CCOc1ccc(Br)cc1)C(=O)c1cc(Cl)c(O)c(Cl)c1. The third kappa shape index (κ3) is 4.77. The molecule has 0 unspecified atom stereocenters. The summed E-state index contributed by atoms with van der Waals surface area (Å²) in [6, 6.07) is 10.2. The number of phenolic OH excluding ortho intramolecular Hbond substituents is 1. The van der Waals surface area contributed by atoms with E-state index in [2.05, 4.69) is 15.9 Å². The molecule has 0 heterocycles. The molecule has 0 saturated heterocycles. The van der Waals surface area contributed by atoms with E-state index in [9.17, 15) is 9.90 Å². The topological polar surface area (TPSA) is 49.8 Å². The van der Waals surface area contributed by atoms with E-state index in [0.29, 0.717) is 18.7 Å². The van der Waals surface area contributed by atoms with Crippen LogP contribution in [0.4, 0.5) is 0 Å². The van der Waals surface area contributed by atoms with Crippen molar-refractivity contribution in [1.82, 2.24) is 4.90 Å². The molecule has 4 nitrogen and oxygen atoms in total. The molecule has 1 amide bonds. The van der Waals surface area contributed by atoms with E-state index in [-0.39, 0.29) is 21.7 Å². The highest BCUT2D eigenvalue weighted by Gasteiger charge is 2.16. The highest BCUT2D eigenvalue weighted by Crippen LogP contribution is 2.32. The van der Waals surface area contributed by atoms with Gasteiger partial charge in [-0.3, -0.25) is 4.79 Å². The van der Waals surface area contributed by atoms with Crippen LogP contribution in [-0.4, -0.2) is 36.1 Å². The molecule has 0 spiro atoms. The van der Waals surface area contributed by atoms with Crippen LogP contribution < -0.4 is 4.74 Å². The second kappa shape index (κ2) is 7.90. The fourth-order valence-electron chi connectivity index (χ4n) is 1.84. The summed E-state index contributed by atoms with van der Waals surface area (Å²) < 4.78 is 6.55. The van der Waals surface area contributed by atoms with Crippen LogP contribution in [0.1, 0.15) is 10.4 Å². The van der Waals surface area contributed by atoms with E-state index in [1.165, 1.54) is 17.0 Å². The molecule has 122 valence electrons. The lowest BCUT2D eigenvalue weighted by atomic mass is 10.2. The molecule has 0 aliphatic carbocycles. The Morgan fingerprint density at radius 3 is 2.35 bits per heavy atom. The summed E-state index contributed by atoms with van der Waals surface area (Å²) in [4.78, 5) is 13.8. The van der Waals surface area contributed by atoms with Crippen LogP contribution in [0.3, 0.4) is 0 Å². The summed E-state index contributed by atoms with van der Waals surface area (Å²) in [5.41, 5.74) is 0.309. The minimum Gasteiger partial charge on any atom is -0.505 e. The smallest absolute Gasteiger partial charge is 0.253 e. The first kappa shape index (κ1) is 17.9. The van der Waals surface area contributed by atoms with Gasteiger partial charge in [0.25, 0.3) is 5.91 Å². The normalized spacial score (nSPS) is 10.4. The Labute approximate surface area is 152 Å². The van der Waals surface area contributed by atoms with Crippen molar-refractivity contribution in [1.29, 1.82) is 0 Å². The van der Waals surface area contributed by atoms with Crippen molar-refractivity contribution < 1.29 is 14.6 Å². The second-order valence-electron chi connectivity index (χ2n) is 4.82. The molecule has 2 aromatic carbocycles. The maximum atomic E-state index is 12.3. The molecule has 0 radical (unpaired) electrons. The zero-order valence-electron chi connectivity index (χ0n) is 12.2. The van der Waals surface area contributed by atoms with Gasteiger partial charge in [0, 0.05) is 17.1 Å². The van der Waals surface area contributed by atoms with Gasteiger partial charge in [0.15, 0.2) is 5.75 Å². The fourth-order valence-corrected chi connectivity index (χ4v) is 2.59. The lowest BCUT2D eigenvalue weighted by Gasteiger charge is -2.18. The molecule has 0 aliphatic heterocycles. The minimum atomic E-state index is -0.256. The van der Waals surface area contributed by atoms with E-state index in [1.807, 2.05) is 24.3 Å². The van der Waals surface area contributed by atoms with Crippen LogP contribution in [0.15, 0.2) is 40.9 Å². The number of ether oxygens (including phenoxy) is 1. The first-order valence-electron chi connectivity index (χ1n) is 6.70. The van der Waals surface area contributed by atoms with Crippen molar-refractivity contribution in [3.63, 3.8) is 0 Å². The van der Waals surface area contributed by atoms with Crippen LogP contribution in [0.2, 0.25) is 10.0 Å². The zero-order chi connectivity index (χ0) is 17.0. The van der Waals surface area contributed by atoms with E-state index in [4.69, 9.17) is 27.9 Å². The van der Waals surface area contributed by atoms with Gasteiger partial charge in [-0.05, 0) is 36.4 Å². The van der Waals surface area contributed by atoms with E-state index >= 15 is 0 Å². The van der Waals surface area contributed by atoms with Crippen molar-refractivity contribution in [2.75, 3.05) is 20.2 Å². The Morgan fingerprint density at radius 2 is 1.78 bits per heavy atom. The highest BCUT2D eigenvalue weighted by atomic mass is 79.9. The predicted octanol–water partition coefficient (Wildman–Crippen LogP) is 4.61. The molecule has 0 bridgehead atoms. The second-order valence-corrected chi connectivity index (χ2v) is 6.55. The van der Waals surface area contributed by atoms with Crippen LogP contribution in [0.5, 0.6) is 11.5 Å². The average molecular weight is 419 g/mol. The molecule has 0 aliphatic rings. The summed E-state index contributed by atoms with van der Waals surface area (Å²) in [6.45, 7) is 0.744. The Morgan fingerprint density at radius 1 is 1.22 bits per heavy atom. The number of hydrogen-bond acceptors (Lipinski definition) is 3. The molecule has 0 aromatic heterocycles. The van der Waals surface area contributed by atoms with Crippen LogP contribution >= 0.6 is 39.1 Å². The Kier molecular flexibility index (Phi) is 6.16. The van der Waals surface area contributed by atoms with Crippen LogP contribution in [0.25, 0.3) is 0 Å². The molecular weight excluding hydrogens is 405 g/mol. The fraction of sp³-hybridized carbons (Fsp3) is 0.188. The van der Waals surface area contributed by atoms with E-state index < -0.39 is 0 Å². The maximum Gasteiger partial charge on any atom is 0.253 e. The summed E-state index contributed by atoms with van der Waals surface area (Å²) in [7, 11) is 1.65. The van der Waals surface area contributed by atoms with Gasteiger partial charge in [-0.25, -0.2) is 0 Å². The summed E-state index contributed by atoms with van der Waals surface area (Å²) in [5, 5.41) is 9.61. The molecule has 0 atom stereocenters. The van der Waals surface area contributed by atoms with Crippen molar-refractivity contribution in [2.45, 2.75) is 0 Å². The molecular formula is C16H14BrCl2NO3. The van der Waals surface area contributed by atoms with Gasteiger partial charge in [0.1, 0.15) is 12.4 Å². The molecule has 7 heteroatoms. The number of amides is 1. The lowest BCUT2D eigenvalue weighted by Crippen LogP contribution is -2.30. The molecule has 23 heavy (non-hydrogen) atoms. The predicted molar refractivity (Wildman–Crippen MR) is 94.7 cm³/mol. The number of phenols is 1. The summed E-state index contributed by atoms with van der Waals surface area (Å²) in [6.07, 6.45) is 0. The third-order valence-electron chi connectivity index (χ3n) is 3.12. The van der Waals surface area contributed by atoms with Crippen LogP contribution in [0, 0.1) is 0 Å². The number of halogens is 3. The maximum absolute atomic E-state index is 12.3. The number of carbonyl (C=O) groups excluding carboxylic acids is 1. The number of rotatable bonds is 5. The average Bonchev–Trinajstić information content (AvgIpc) is 2.53. The van der Waals surface area contributed by atoms with Gasteiger partial charge in [0.2, 0.25) is 0 Å². The monoisotopic (exact) mass is 417 g/mol. The number of hydrogen-bond donors (Lipinski definition) is 1. The Hall–Kier alpha value is -1.43. The molecule has 0 saturated carbocycles. The summed E-state index contributed by atoms with van der Waals surface area (Å²) >= 11 is 15.0. The number of likely N-dealkylation sites (N-methyl/N-ethyl adjacent to an activating group) is 1. The molecule has 2 rings (SSSR count). The van der Waals surface area contributed by atoms with Crippen molar-refractivity contribution >= 4 is 45.0 Å². The zero-order valence-corrected chi connectivity index (χ0v) is 15.3. The molecule has 1 N–H and O–H groups in total. The number of nitrogens with zero attached hydrogens (tertiary/aromatic N) is 1. The van der Waals surface area contributed by atoms with Crippen molar-refractivity contribution in [3.8, 4) is 11.5 Å².